The van der Waals surface area contributed by atoms with E-state index in [0.29, 0.717) is 11.3 Å². The molecular weight excluding hydrogens is 232 g/mol. The van der Waals surface area contributed by atoms with E-state index in [0.717, 1.165) is 6.42 Å². The van der Waals surface area contributed by atoms with Crippen molar-refractivity contribution >= 4 is 10.8 Å². The summed E-state index contributed by atoms with van der Waals surface area (Å²) in [6.45, 7) is 4.71. The molecule has 0 aliphatic heterocycles. The number of aromatic nitrogens is 1. The summed E-state index contributed by atoms with van der Waals surface area (Å²) >= 11 is 0. The largest absolute Gasteiger partial charge is 0.327 e. The van der Waals surface area contributed by atoms with Crippen molar-refractivity contribution in [2.45, 2.75) is 45.1 Å². The minimum Gasteiger partial charge on any atom is -0.327 e. The lowest BCUT2D eigenvalue weighted by atomic mass is 9.67. The Hall–Kier alpha value is -1.41. The fraction of sp³-hybridized carbons (Fsp3) is 0.471. The predicted octanol–water partition coefficient (Wildman–Crippen LogP) is 3.86. The second-order valence-corrected chi connectivity index (χ2v) is 6.62. The van der Waals surface area contributed by atoms with E-state index < -0.39 is 0 Å². The number of nitrogens with zero attached hydrogens (tertiary/aromatic N) is 1. The van der Waals surface area contributed by atoms with Crippen molar-refractivity contribution in [1.82, 2.24) is 4.98 Å². The maximum atomic E-state index is 6.40. The molecular formula is C17H22N2. The number of hydrogen-bond donors (Lipinski definition) is 1. The zero-order chi connectivity index (χ0) is 13.5. The van der Waals surface area contributed by atoms with Crippen molar-refractivity contribution in [3.63, 3.8) is 0 Å². The van der Waals surface area contributed by atoms with Crippen LogP contribution in [0.15, 0.2) is 36.7 Å². The molecule has 1 heterocycles. The average molecular weight is 254 g/mol. The van der Waals surface area contributed by atoms with Crippen LogP contribution >= 0.6 is 0 Å². The lowest BCUT2D eigenvalue weighted by Crippen LogP contribution is -2.37. The first-order valence-electron chi connectivity index (χ1n) is 7.15. The van der Waals surface area contributed by atoms with Crippen molar-refractivity contribution in [2.75, 3.05) is 0 Å². The first-order chi connectivity index (χ1) is 9.07. The monoisotopic (exact) mass is 254 g/mol. The van der Waals surface area contributed by atoms with E-state index in [1.54, 1.807) is 0 Å². The molecule has 0 bridgehead atoms. The van der Waals surface area contributed by atoms with Gasteiger partial charge in [0.05, 0.1) is 0 Å². The summed E-state index contributed by atoms with van der Waals surface area (Å²) in [7, 11) is 0. The highest BCUT2D eigenvalue weighted by Gasteiger charge is 2.34. The number of nitrogens with two attached hydrogens (primary N) is 1. The molecule has 2 N–H and O–H groups in total. The molecule has 0 amide bonds. The third-order valence-corrected chi connectivity index (χ3v) is 4.56. The minimum absolute atomic E-state index is 0.277. The van der Waals surface area contributed by atoms with Crippen LogP contribution in [0.25, 0.3) is 10.8 Å². The van der Waals surface area contributed by atoms with Gasteiger partial charge in [-0.1, -0.05) is 32.0 Å². The van der Waals surface area contributed by atoms with Gasteiger partial charge >= 0.3 is 0 Å². The molecule has 2 aromatic rings. The zero-order valence-electron chi connectivity index (χ0n) is 11.8. The van der Waals surface area contributed by atoms with Gasteiger partial charge in [-0.3, -0.25) is 4.98 Å². The summed E-state index contributed by atoms with van der Waals surface area (Å²) in [6, 6.07) is 8.89. The molecule has 19 heavy (non-hydrogen) atoms. The van der Waals surface area contributed by atoms with Gasteiger partial charge in [-0.15, -0.1) is 0 Å². The molecule has 1 aliphatic rings. The Bertz CT molecular complexity index is 583. The molecule has 1 fully saturated rings. The van der Waals surface area contributed by atoms with Gasteiger partial charge in [0, 0.05) is 29.7 Å². The van der Waals surface area contributed by atoms with E-state index in [9.17, 15) is 0 Å². The fourth-order valence-electron chi connectivity index (χ4n) is 3.41. The Balaban J connectivity index is 2.08. The number of rotatable bonds is 1. The molecule has 0 radical (unpaired) electrons. The molecule has 100 valence electrons. The third kappa shape index (κ3) is 2.37. The number of fused-ring (bicyclic) bond motifs is 1. The fourth-order valence-corrected chi connectivity index (χ4v) is 3.41. The highest BCUT2D eigenvalue weighted by molar-refractivity contribution is 5.85. The number of hydrogen-bond acceptors (Lipinski definition) is 2. The SMILES string of the molecule is CC1(C)CCC(N)C(c2cccc3ccncc23)C1. The van der Waals surface area contributed by atoms with E-state index in [1.165, 1.54) is 29.2 Å². The van der Waals surface area contributed by atoms with Gasteiger partial charge in [0.2, 0.25) is 0 Å². The van der Waals surface area contributed by atoms with Crippen molar-refractivity contribution in [2.24, 2.45) is 11.1 Å². The van der Waals surface area contributed by atoms with Crippen LogP contribution in [0.2, 0.25) is 0 Å². The summed E-state index contributed by atoms with van der Waals surface area (Å²) in [5.74, 6) is 0.455. The summed E-state index contributed by atoms with van der Waals surface area (Å²) in [5.41, 5.74) is 8.18. The van der Waals surface area contributed by atoms with Gasteiger partial charge in [-0.05, 0) is 41.7 Å². The van der Waals surface area contributed by atoms with E-state index >= 15 is 0 Å². The molecule has 2 atom stereocenters. The van der Waals surface area contributed by atoms with Crippen LogP contribution < -0.4 is 5.73 Å². The molecule has 2 unspecified atom stereocenters. The van der Waals surface area contributed by atoms with Crippen molar-refractivity contribution in [3.05, 3.63) is 42.2 Å². The highest BCUT2D eigenvalue weighted by atomic mass is 14.7. The van der Waals surface area contributed by atoms with Crippen molar-refractivity contribution in [3.8, 4) is 0 Å². The summed E-state index contributed by atoms with van der Waals surface area (Å²) in [4.78, 5) is 4.29. The highest BCUT2D eigenvalue weighted by Crippen LogP contribution is 2.44. The number of benzene rings is 1. The molecule has 0 spiro atoms. The quantitative estimate of drug-likeness (QED) is 0.839. The minimum atomic E-state index is 0.277. The first kappa shape index (κ1) is 12.6. The van der Waals surface area contributed by atoms with Gasteiger partial charge in [-0.25, -0.2) is 0 Å². The van der Waals surface area contributed by atoms with E-state index in [1.807, 2.05) is 12.4 Å². The van der Waals surface area contributed by atoms with Crippen LogP contribution in [-0.4, -0.2) is 11.0 Å². The lowest BCUT2D eigenvalue weighted by molar-refractivity contribution is 0.199. The second kappa shape index (κ2) is 4.61. The standard InChI is InChI=1S/C17H22N2/c1-17(2)8-6-16(18)14(10-17)13-5-3-4-12-7-9-19-11-15(12)13/h3-5,7,9,11,14,16H,6,8,10,18H2,1-2H3. The van der Waals surface area contributed by atoms with Crippen LogP contribution in [0.1, 0.15) is 44.6 Å². The molecule has 2 heteroatoms. The molecule has 3 rings (SSSR count). The van der Waals surface area contributed by atoms with Crippen molar-refractivity contribution < 1.29 is 0 Å². The summed E-state index contributed by atoms with van der Waals surface area (Å²) in [5, 5.41) is 2.53. The van der Waals surface area contributed by atoms with E-state index in [4.69, 9.17) is 5.73 Å². The first-order valence-corrected chi connectivity index (χ1v) is 7.15. The maximum Gasteiger partial charge on any atom is 0.0349 e. The normalized spacial score (nSPS) is 26.5. The van der Waals surface area contributed by atoms with Crippen molar-refractivity contribution in [1.29, 1.82) is 0 Å². The number of pyridine rings is 1. The van der Waals surface area contributed by atoms with Crippen LogP contribution in [0, 0.1) is 5.41 Å². The predicted molar refractivity (Wildman–Crippen MR) is 80.1 cm³/mol. The molecule has 1 saturated carbocycles. The molecule has 2 nitrogen and oxygen atoms in total. The van der Waals surface area contributed by atoms with Crippen LogP contribution in [0.3, 0.4) is 0 Å². The van der Waals surface area contributed by atoms with Crippen LogP contribution in [-0.2, 0) is 0 Å². The molecule has 1 aliphatic carbocycles. The Labute approximate surface area is 115 Å². The zero-order valence-corrected chi connectivity index (χ0v) is 11.8. The Kier molecular flexibility index (Phi) is 3.06. The molecule has 1 aromatic heterocycles. The van der Waals surface area contributed by atoms with Gasteiger partial charge in [0.25, 0.3) is 0 Å². The maximum absolute atomic E-state index is 6.40. The van der Waals surface area contributed by atoms with Crippen LogP contribution in [0.5, 0.6) is 0 Å². The van der Waals surface area contributed by atoms with Crippen LogP contribution in [0.4, 0.5) is 0 Å². The van der Waals surface area contributed by atoms with Gasteiger partial charge in [0.15, 0.2) is 0 Å². The van der Waals surface area contributed by atoms with E-state index in [-0.39, 0.29) is 6.04 Å². The summed E-state index contributed by atoms with van der Waals surface area (Å²) < 4.78 is 0. The van der Waals surface area contributed by atoms with Gasteiger partial charge < -0.3 is 5.73 Å². The summed E-state index contributed by atoms with van der Waals surface area (Å²) in [6.07, 6.45) is 7.36. The molecule has 0 saturated heterocycles. The second-order valence-electron chi connectivity index (χ2n) is 6.62. The Morgan fingerprint density at radius 3 is 2.95 bits per heavy atom. The van der Waals surface area contributed by atoms with E-state index in [2.05, 4.69) is 43.1 Å². The Morgan fingerprint density at radius 1 is 1.26 bits per heavy atom. The van der Waals surface area contributed by atoms with Gasteiger partial charge in [0.1, 0.15) is 0 Å². The smallest absolute Gasteiger partial charge is 0.0349 e. The average Bonchev–Trinajstić information content (AvgIpc) is 2.41. The third-order valence-electron chi connectivity index (χ3n) is 4.56. The molecule has 1 aromatic carbocycles. The van der Waals surface area contributed by atoms with Gasteiger partial charge in [-0.2, -0.15) is 0 Å². The topological polar surface area (TPSA) is 38.9 Å². The lowest BCUT2D eigenvalue weighted by Gasteiger charge is -2.39. The Morgan fingerprint density at radius 2 is 2.11 bits per heavy atom.